The van der Waals surface area contributed by atoms with Gasteiger partial charge < -0.3 is 15.8 Å². The van der Waals surface area contributed by atoms with E-state index in [1.54, 1.807) is 0 Å². The van der Waals surface area contributed by atoms with Crippen molar-refractivity contribution in [2.45, 2.75) is 38.8 Å². The number of fused-ring (bicyclic) bond motifs is 1. The molecule has 2 atom stereocenters. The van der Waals surface area contributed by atoms with Gasteiger partial charge in [-0.25, -0.2) is 4.79 Å². The van der Waals surface area contributed by atoms with Gasteiger partial charge in [-0.1, -0.05) is 50.8 Å². The molecule has 5 heteroatoms. The molecule has 1 amide bonds. The Bertz CT molecular complexity index is 587. The minimum atomic E-state index is -0.702. The van der Waals surface area contributed by atoms with Gasteiger partial charge in [0.1, 0.15) is 12.6 Å². The second-order valence-corrected chi connectivity index (χ2v) is 6.61. The van der Waals surface area contributed by atoms with Crippen LogP contribution < -0.4 is 11.1 Å². The molecule has 1 aliphatic rings. The van der Waals surface area contributed by atoms with Crippen molar-refractivity contribution in [1.82, 2.24) is 5.32 Å². The van der Waals surface area contributed by atoms with E-state index in [1.165, 1.54) is 17.2 Å². The molecule has 3 N–H and O–H groups in total. The fourth-order valence-electron chi connectivity index (χ4n) is 3.04. The van der Waals surface area contributed by atoms with E-state index in [0.717, 1.165) is 12.8 Å². The molecule has 1 aromatic rings. The molecule has 0 bridgehead atoms. The van der Waals surface area contributed by atoms with Crippen LogP contribution in [0.25, 0.3) is 0 Å². The van der Waals surface area contributed by atoms with Gasteiger partial charge in [-0.15, -0.1) is 0 Å². The summed E-state index contributed by atoms with van der Waals surface area (Å²) in [6.07, 6.45) is 3.08. The van der Waals surface area contributed by atoms with Gasteiger partial charge in [0, 0.05) is 0 Å². The maximum Gasteiger partial charge on any atom is 0.329 e. The van der Waals surface area contributed by atoms with Gasteiger partial charge >= 0.3 is 5.97 Å². The molecule has 1 aliphatic carbocycles. The Morgan fingerprint density at radius 3 is 2.42 bits per heavy atom. The highest BCUT2D eigenvalue weighted by Crippen LogP contribution is 2.28. The lowest BCUT2D eigenvalue weighted by atomic mass is 9.95. The van der Waals surface area contributed by atoms with E-state index in [0.29, 0.717) is 0 Å². The third-order valence-electron chi connectivity index (χ3n) is 4.46. The van der Waals surface area contributed by atoms with Crippen LogP contribution in [-0.2, 0) is 27.2 Å². The lowest BCUT2D eigenvalue weighted by Gasteiger charge is -2.24. The van der Waals surface area contributed by atoms with Crippen molar-refractivity contribution in [3.8, 4) is 0 Å². The number of hydrogen-bond donors (Lipinski definition) is 2. The third-order valence-corrected chi connectivity index (χ3v) is 4.46. The van der Waals surface area contributed by atoms with Crippen molar-refractivity contribution in [2.75, 3.05) is 6.61 Å². The van der Waals surface area contributed by atoms with Crippen LogP contribution in [0.1, 0.15) is 25.0 Å². The Kier molecular flexibility index (Phi) is 6.15. The van der Waals surface area contributed by atoms with E-state index in [1.807, 2.05) is 26.0 Å². The molecule has 0 saturated carbocycles. The second-order valence-electron chi connectivity index (χ2n) is 6.61. The lowest BCUT2D eigenvalue weighted by molar-refractivity contribution is -0.148. The molecule has 130 valence electrons. The van der Waals surface area contributed by atoms with E-state index < -0.39 is 18.1 Å². The fraction of sp³-hybridized carbons (Fsp3) is 0.474. The number of carbonyl (C=O) groups is 2. The third kappa shape index (κ3) is 4.23. The highest BCUT2D eigenvalue weighted by Gasteiger charge is 2.33. The Hall–Kier alpha value is -2.14. The van der Waals surface area contributed by atoms with Gasteiger partial charge in [-0.3, -0.25) is 4.79 Å². The van der Waals surface area contributed by atoms with Crippen LogP contribution in [0, 0.1) is 11.8 Å². The summed E-state index contributed by atoms with van der Waals surface area (Å²) in [4.78, 5) is 24.6. The number of amides is 1. The summed E-state index contributed by atoms with van der Waals surface area (Å²) in [5.41, 5.74) is 8.66. The molecule has 1 unspecified atom stereocenters. The van der Waals surface area contributed by atoms with Crippen LogP contribution >= 0.6 is 0 Å². The van der Waals surface area contributed by atoms with Crippen LogP contribution in [0.3, 0.4) is 0 Å². The molecule has 1 aromatic carbocycles. The second kappa shape index (κ2) is 8.11. The van der Waals surface area contributed by atoms with Crippen molar-refractivity contribution in [3.63, 3.8) is 0 Å². The average molecular weight is 330 g/mol. The van der Waals surface area contributed by atoms with Gasteiger partial charge in [0.15, 0.2) is 0 Å². The molecule has 0 aliphatic heterocycles. The van der Waals surface area contributed by atoms with Crippen LogP contribution in [-0.4, -0.2) is 30.6 Å². The molecule has 0 heterocycles. The summed E-state index contributed by atoms with van der Waals surface area (Å²) in [5.74, 6) is -0.791. The maximum atomic E-state index is 12.5. The van der Waals surface area contributed by atoms with Gasteiger partial charge in [-0.2, -0.15) is 0 Å². The highest BCUT2D eigenvalue weighted by molar-refractivity contribution is 5.88. The number of rotatable bonds is 7. The Morgan fingerprint density at radius 1 is 1.33 bits per heavy atom. The first kappa shape index (κ1) is 18.2. The Morgan fingerprint density at radius 2 is 1.92 bits per heavy atom. The summed E-state index contributed by atoms with van der Waals surface area (Å²) in [5, 5.41) is 2.76. The number of ether oxygens (including phenoxy) is 1. The van der Waals surface area contributed by atoms with Crippen LogP contribution in [0.15, 0.2) is 36.9 Å². The minimum Gasteiger partial charge on any atom is -0.460 e. The van der Waals surface area contributed by atoms with Crippen molar-refractivity contribution in [1.29, 1.82) is 0 Å². The molecule has 0 spiro atoms. The molecular formula is C19H26N2O3. The summed E-state index contributed by atoms with van der Waals surface area (Å²) in [6.45, 7) is 7.36. The summed E-state index contributed by atoms with van der Waals surface area (Å²) >= 11 is 0. The average Bonchev–Trinajstić information content (AvgIpc) is 3.00. The Labute approximate surface area is 143 Å². The zero-order valence-corrected chi connectivity index (χ0v) is 14.3. The molecule has 5 nitrogen and oxygen atoms in total. The number of nitrogens with two attached hydrogens (primary N) is 1. The molecule has 24 heavy (non-hydrogen) atoms. The SMILES string of the molecule is C=CCOC(=O)[C@@H](NC(=O)C(N)C1Cc2ccccc2C1)C(C)C. The van der Waals surface area contributed by atoms with E-state index >= 15 is 0 Å². The highest BCUT2D eigenvalue weighted by atomic mass is 16.5. The van der Waals surface area contributed by atoms with Gasteiger partial charge in [0.2, 0.25) is 5.91 Å². The van der Waals surface area contributed by atoms with Crippen LogP contribution in [0.5, 0.6) is 0 Å². The van der Waals surface area contributed by atoms with Crippen molar-refractivity contribution >= 4 is 11.9 Å². The number of carbonyl (C=O) groups excluding carboxylic acids is 2. The zero-order valence-electron chi connectivity index (χ0n) is 14.3. The molecular weight excluding hydrogens is 304 g/mol. The molecule has 0 saturated heterocycles. The van der Waals surface area contributed by atoms with E-state index in [-0.39, 0.29) is 24.3 Å². The molecule has 0 fully saturated rings. The van der Waals surface area contributed by atoms with Gasteiger partial charge in [0.05, 0.1) is 6.04 Å². The topological polar surface area (TPSA) is 81.4 Å². The lowest BCUT2D eigenvalue weighted by Crippen LogP contribution is -2.53. The van der Waals surface area contributed by atoms with Crippen molar-refractivity contribution in [3.05, 3.63) is 48.0 Å². The van der Waals surface area contributed by atoms with Crippen molar-refractivity contribution < 1.29 is 14.3 Å². The quantitative estimate of drug-likeness (QED) is 0.588. The molecule has 2 rings (SSSR count). The first-order chi connectivity index (χ1) is 11.4. The minimum absolute atomic E-state index is 0.0550. The van der Waals surface area contributed by atoms with E-state index in [2.05, 4.69) is 24.0 Å². The first-order valence-electron chi connectivity index (χ1n) is 8.34. The molecule has 0 radical (unpaired) electrons. The number of benzene rings is 1. The standard InChI is InChI=1S/C19H26N2O3/c1-4-9-24-19(23)17(12(2)3)21-18(22)16(20)15-10-13-7-5-6-8-14(13)11-15/h4-8,12,15-17H,1,9-11,20H2,2-3H3,(H,21,22)/t16?,17-/m0/s1. The summed E-state index contributed by atoms with van der Waals surface area (Å²) < 4.78 is 5.06. The number of esters is 1. The molecule has 0 aromatic heterocycles. The normalized spacial score (nSPS) is 16.3. The summed E-state index contributed by atoms with van der Waals surface area (Å²) in [7, 11) is 0. The van der Waals surface area contributed by atoms with Gasteiger partial charge in [0.25, 0.3) is 0 Å². The van der Waals surface area contributed by atoms with Crippen LogP contribution in [0.2, 0.25) is 0 Å². The van der Waals surface area contributed by atoms with Crippen LogP contribution in [0.4, 0.5) is 0 Å². The largest absolute Gasteiger partial charge is 0.460 e. The monoisotopic (exact) mass is 330 g/mol. The predicted octanol–water partition coefficient (Wildman–Crippen LogP) is 1.60. The van der Waals surface area contributed by atoms with E-state index in [9.17, 15) is 9.59 Å². The Balaban J connectivity index is 1.97. The van der Waals surface area contributed by atoms with E-state index in [4.69, 9.17) is 10.5 Å². The van der Waals surface area contributed by atoms with Gasteiger partial charge in [-0.05, 0) is 35.8 Å². The number of nitrogens with one attached hydrogen (secondary N) is 1. The first-order valence-corrected chi connectivity index (χ1v) is 8.34. The predicted molar refractivity (Wildman–Crippen MR) is 93.2 cm³/mol. The van der Waals surface area contributed by atoms with Crippen molar-refractivity contribution in [2.24, 2.45) is 17.6 Å². The maximum absolute atomic E-state index is 12.5. The fourth-order valence-corrected chi connectivity index (χ4v) is 3.04. The number of hydrogen-bond acceptors (Lipinski definition) is 4. The smallest absolute Gasteiger partial charge is 0.329 e. The zero-order chi connectivity index (χ0) is 17.7. The summed E-state index contributed by atoms with van der Waals surface area (Å²) in [6, 6.07) is 6.79.